The van der Waals surface area contributed by atoms with Gasteiger partial charge in [-0.2, -0.15) is 11.8 Å². The molecule has 128 valence electrons. The minimum atomic E-state index is -0.0144. The predicted octanol–water partition coefficient (Wildman–Crippen LogP) is 1.20. The fourth-order valence-corrected chi connectivity index (χ4v) is 3.42. The molecule has 0 saturated carbocycles. The first-order valence-corrected chi connectivity index (χ1v) is 9.32. The first-order chi connectivity index (χ1) is 11.3. The van der Waals surface area contributed by atoms with Crippen molar-refractivity contribution in [2.45, 2.75) is 6.54 Å². The van der Waals surface area contributed by atoms with Crippen molar-refractivity contribution in [2.75, 3.05) is 57.9 Å². The molecule has 0 atom stereocenters. The second kappa shape index (κ2) is 10.6. The lowest BCUT2D eigenvalue weighted by atomic mass is 10.1. The summed E-state index contributed by atoms with van der Waals surface area (Å²) in [4.78, 5) is 14.5. The van der Waals surface area contributed by atoms with Gasteiger partial charge in [-0.05, 0) is 17.7 Å². The summed E-state index contributed by atoms with van der Waals surface area (Å²) in [6.45, 7) is 6.15. The van der Waals surface area contributed by atoms with Gasteiger partial charge in [0.25, 0.3) is 5.91 Å². The summed E-state index contributed by atoms with van der Waals surface area (Å²) in [5.41, 5.74) is 1.99. The van der Waals surface area contributed by atoms with Crippen molar-refractivity contribution in [3.63, 3.8) is 0 Å². The predicted molar refractivity (Wildman–Crippen MR) is 96.1 cm³/mol. The number of methoxy groups -OCH3 is 1. The number of nitrogens with one attached hydrogen (secondary N) is 2. The van der Waals surface area contributed by atoms with E-state index in [2.05, 4.69) is 27.7 Å². The lowest BCUT2D eigenvalue weighted by Crippen LogP contribution is -2.33. The van der Waals surface area contributed by atoms with E-state index in [1.807, 2.05) is 23.9 Å². The van der Waals surface area contributed by atoms with Gasteiger partial charge in [-0.1, -0.05) is 12.1 Å². The molecule has 1 fully saturated rings. The van der Waals surface area contributed by atoms with Crippen LogP contribution in [0.5, 0.6) is 0 Å². The molecule has 6 heteroatoms. The van der Waals surface area contributed by atoms with E-state index in [0.29, 0.717) is 13.2 Å². The Kier molecular flexibility index (Phi) is 8.46. The van der Waals surface area contributed by atoms with Gasteiger partial charge >= 0.3 is 0 Å². The number of carbonyl (C=O) groups is 1. The van der Waals surface area contributed by atoms with E-state index in [1.165, 1.54) is 17.1 Å². The van der Waals surface area contributed by atoms with Crippen LogP contribution in [0, 0.1) is 0 Å². The molecule has 0 aliphatic carbocycles. The maximum atomic E-state index is 12.1. The first kappa shape index (κ1) is 18.3. The van der Waals surface area contributed by atoms with E-state index >= 15 is 0 Å². The summed E-state index contributed by atoms with van der Waals surface area (Å²) in [7, 11) is 1.68. The highest BCUT2D eigenvalue weighted by Crippen LogP contribution is 2.13. The van der Waals surface area contributed by atoms with Crippen molar-refractivity contribution < 1.29 is 9.53 Å². The third kappa shape index (κ3) is 6.91. The molecule has 0 bridgehead atoms. The Labute approximate surface area is 143 Å². The number of carbonyl (C=O) groups excluding carboxylic acids is 1. The lowest BCUT2D eigenvalue weighted by Gasteiger charge is -2.26. The van der Waals surface area contributed by atoms with Crippen LogP contribution in [-0.2, 0) is 11.3 Å². The fourth-order valence-electron chi connectivity index (χ4n) is 2.44. The normalized spacial score (nSPS) is 15.5. The second-order valence-corrected chi connectivity index (χ2v) is 6.81. The van der Waals surface area contributed by atoms with Crippen molar-refractivity contribution in [2.24, 2.45) is 0 Å². The molecular formula is C17H27N3O2S. The second-order valence-electron chi connectivity index (χ2n) is 5.58. The van der Waals surface area contributed by atoms with E-state index in [0.717, 1.165) is 38.3 Å². The van der Waals surface area contributed by atoms with Crippen LogP contribution in [0.3, 0.4) is 0 Å². The number of hydrogen-bond acceptors (Lipinski definition) is 5. The molecule has 1 aromatic carbocycles. The summed E-state index contributed by atoms with van der Waals surface area (Å²) in [6.07, 6.45) is 0. The first-order valence-electron chi connectivity index (χ1n) is 8.16. The van der Waals surface area contributed by atoms with Gasteiger partial charge in [-0.15, -0.1) is 0 Å². The number of rotatable bonds is 9. The largest absolute Gasteiger partial charge is 0.383 e. The Morgan fingerprint density at radius 2 is 1.91 bits per heavy atom. The quantitative estimate of drug-likeness (QED) is 0.663. The molecule has 0 radical (unpaired) electrons. The summed E-state index contributed by atoms with van der Waals surface area (Å²) in [5, 5.41) is 6.12. The molecule has 1 aromatic rings. The number of benzene rings is 1. The number of thioether (sulfide) groups is 1. The maximum absolute atomic E-state index is 12.1. The van der Waals surface area contributed by atoms with Gasteiger partial charge in [0.05, 0.1) is 6.61 Å². The molecule has 0 aromatic heterocycles. The van der Waals surface area contributed by atoms with Gasteiger partial charge in [0.15, 0.2) is 0 Å². The van der Waals surface area contributed by atoms with E-state index in [9.17, 15) is 4.79 Å². The Morgan fingerprint density at radius 3 is 2.61 bits per heavy atom. The van der Waals surface area contributed by atoms with E-state index in [4.69, 9.17) is 4.74 Å². The van der Waals surface area contributed by atoms with Gasteiger partial charge in [0, 0.05) is 63.4 Å². The molecule has 0 unspecified atom stereocenters. The van der Waals surface area contributed by atoms with E-state index in [-0.39, 0.29) is 5.91 Å². The molecule has 2 rings (SSSR count). The van der Waals surface area contributed by atoms with Crippen LogP contribution in [-0.4, -0.2) is 68.8 Å². The zero-order chi connectivity index (χ0) is 16.3. The fraction of sp³-hybridized carbons (Fsp3) is 0.588. The summed E-state index contributed by atoms with van der Waals surface area (Å²) >= 11 is 2.02. The average molecular weight is 337 g/mol. The highest BCUT2D eigenvalue weighted by molar-refractivity contribution is 7.99. The highest BCUT2D eigenvalue weighted by atomic mass is 32.2. The zero-order valence-electron chi connectivity index (χ0n) is 13.8. The summed E-state index contributed by atoms with van der Waals surface area (Å²) in [5.74, 6) is 2.43. The molecule has 1 amide bonds. The number of hydrogen-bond donors (Lipinski definition) is 2. The molecule has 5 nitrogen and oxygen atoms in total. The number of nitrogens with zero attached hydrogens (tertiary/aromatic N) is 1. The minimum absolute atomic E-state index is 0.0144. The highest BCUT2D eigenvalue weighted by Gasteiger charge is 2.11. The third-order valence-corrected chi connectivity index (χ3v) is 4.74. The third-order valence-electron chi connectivity index (χ3n) is 3.80. The maximum Gasteiger partial charge on any atom is 0.251 e. The molecule has 1 aliphatic rings. The minimum Gasteiger partial charge on any atom is -0.383 e. The molecule has 1 aliphatic heterocycles. The number of amides is 1. The van der Waals surface area contributed by atoms with Crippen LogP contribution in [0.2, 0.25) is 0 Å². The standard InChI is InChI=1S/C17H27N3O2S/c1-22-11-8-18-6-7-19-17(21)16-4-2-15(3-5-16)14-20-9-12-23-13-10-20/h2-5,18H,6-14H2,1H3,(H,19,21). The molecule has 1 heterocycles. The van der Waals surface area contributed by atoms with E-state index < -0.39 is 0 Å². The van der Waals surface area contributed by atoms with Crippen LogP contribution in [0.15, 0.2) is 24.3 Å². The van der Waals surface area contributed by atoms with Gasteiger partial charge in [-0.25, -0.2) is 0 Å². The van der Waals surface area contributed by atoms with Crippen molar-refractivity contribution in [1.29, 1.82) is 0 Å². The lowest BCUT2D eigenvalue weighted by molar-refractivity contribution is 0.0953. The van der Waals surface area contributed by atoms with Crippen LogP contribution < -0.4 is 10.6 Å². The monoisotopic (exact) mass is 337 g/mol. The topological polar surface area (TPSA) is 53.6 Å². The molecular weight excluding hydrogens is 310 g/mol. The SMILES string of the molecule is COCCNCCNC(=O)c1ccc(CN2CCSCC2)cc1. The van der Waals surface area contributed by atoms with Crippen molar-refractivity contribution in [3.8, 4) is 0 Å². The van der Waals surface area contributed by atoms with Crippen molar-refractivity contribution in [1.82, 2.24) is 15.5 Å². The molecule has 2 N–H and O–H groups in total. The zero-order valence-corrected chi connectivity index (χ0v) is 14.7. The van der Waals surface area contributed by atoms with Gasteiger partial charge in [0.1, 0.15) is 0 Å². The van der Waals surface area contributed by atoms with E-state index in [1.54, 1.807) is 7.11 Å². The van der Waals surface area contributed by atoms with Crippen molar-refractivity contribution in [3.05, 3.63) is 35.4 Å². The Bertz CT molecular complexity index is 461. The Balaban J connectivity index is 1.69. The average Bonchev–Trinajstić information content (AvgIpc) is 2.59. The van der Waals surface area contributed by atoms with Gasteiger partial charge < -0.3 is 15.4 Å². The molecule has 0 spiro atoms. The Hall–Kier alpha value is -1.08. The number of ether oxygens (including phenoxy) is 1. The Morgan fingerprint density at radius 1 is 1.17 bits per heavy atom. The summed E-state index contributed by atoms with van der Waals surface area (Å²) in [6, 6.07) is 7.96. The van der Waals surface area contributed by atoms with Crippen LogP contribution in [0.4, 0.5) is 0 Å². The van der Waals surface area contributed by atoms with Crippen LogP contribution >= 0.6 is 11.8 Å². The van der Waals surface area contributed by atoms with Gasteiger partial charge in [-0.3, -0.25) is 9.69 Å². The molecule has 1 saturated heterocycles. The summed E-state index contributed by atoms with van der Waals surface area (Å²) < 4.78 is 4.95. The van der Waals surface area contributed by atoms with Crippen molar-refractivity contribution >= 4 is 17.7 Å². The van der Waals surface area contributed by atoms with Gasteiger partial charge in [0.2, 0.25) is 0 Å². The van der Waals surface area contributed by atoms with Crippen LogP contribution in [0.1, 0.15) is 15.9 Å². The van der Waals surface area contributed by atoms with Crippen LogP contribution in [0.25, 0.3) is 0 Å². The smallest absolute Gasteiger partial charge is 0.251 e. The molecule has 23 heavy (non-hydrogen) atoms.